The van der Waals surface area contributed by atoms with Gasteiger partial charge < -0.3 is 10.3 Å². The molecule has 0 aromatic carbocycles. The molecule has 1 unspecified atom stereocenters. The van der Waals surface area contributed by atoms with Crippen LogP contribution < -0.4 is 16.2 Å². The van der Waals surface area contributed by atoms with Gasteiger partial charge in [0, 0.05) is 23.8 Å². The van der Waals surface area contributed by atoms with Gasteiger partial charge in [0.25, 0.3) is 0 Å². The molecule has 2 rings (SSSR count). The van der Waals surface area contributed by atoms with E-state index in [1.165, 1.54) is 6.07 Å². The van der Waals surface area contributed by atoms with Crippen LogP contribution in [0.4, 0.5) is 11.6 Å². The maximum absolute atomic E-state index is 12.3. The first-order valence-corrected chi connectivity index (χ1v) is 9.92. The van der Waals surface area contributed by atoms with Crippen LogP contribution >= 0.6 is 35.0 Å². The van der Waals surface area contributed by atoms with Gasteiger partial charge in [-0.3, -0.25) is 0 Å². The standard InChI is InChI=1S/C11H16Cl2N4O2S2/c1-2-21(18,19)9-6-20-4-3-17(9)11-8(13)5-7(12)10(15-11)16-14/h5,9H,2-4,6,14H2,1H3,(H,15,16). The molecular formula is C11H16Cl2N4O2S2. The lowest BCUT2D eigenvalue weighted by molar-refractivity contribution is 0.579. The highest BCUT2D eigenvalue weighted by molar-refractivity contribution is 8.01. The molecule has 21 heavy (non-hydrogen) atoms. The van der Waals surface area contributed by atoms with Crippen LogP contribution in [-0.4, -0.2) is 42.6 Å². The largest absolute Gasteiger partial charge is 0.337 e. The zero-order valence-corrected chi connectivity index (χ0v) is 14.5. The number of rotatable bonds is 4. The number of nitrogens with two attached hydrogens (primary N) is 1. The van der Waals surface area contributed by atoms with E-state index >= 15 is 0 Å². The summed E-state index contributed by atoms with van der Waals surface area (Å²) in [5.41, 5.74) is 2.39. The highest BCUT2D eigenvalue weighted by Crippen LogP contribution is 2.35. The summed E-state index contributed by atoms with van der Waals surface area (Å²) < 4.78 is 24.6. The van der Waals surface area contributed by atoms with Crippen molar-refractivity contribution >= 4 is 56.4 Å². The Kier molecular flexibility index (Phi) is 5.48. The highest BCUT2D eigenvalue weighted by Gasteiger charge is 2.35. The summed E-state index contributed by atoms with van der Waals surface area (Å²) in [6, 6.07) is 1.51. The van der Waals surface area contributed by atoms with E-state index in [-0.39, 0.29) is 16.6 Å². The zero-order chi connectivity index (χ0) is 15.6. The van der Waals surface area contributed by atoms with E-state index in [1.54, 1.807) is 23.6 Å². The average Bonchev–Trinajstić information content (AvgIpc) is 2.47. The summed E-state index contributed by atoms with van der Waals surface area (Å²) in [6.45, 7) is 2.18. The van der Waals surface area contributed by atoms with Crippen molar-refractivity contribution < 1.29 is 8.42 Å². The maximum Gasteiger partial charge on any atom is 0.171 e. The van der Waals surface area contributed by atoms with E-state index in [0.717, 1.165) is 5.75 Å². The number of hydrazine groups is 1. The molecule has 0 saturated carbocycles. The van der Waals surface area contributed by atoms with Crippen LogP contribution in [-0.2, 0) is 9.84 Å². The molecule has 1 saturated heterocycles. The van der Waals surface area contributed by atoms with Crippen molar-refractivity contribution in [3.8, 4) is 0 Å². The van der Waals surface area contributed by atoms with Gasteiger partial charge in [0.15, 0.2) is 21.5 Å². The number of aromatic nitrogens is 1. The number of halogens is 2. The smallest absolute Gasteiger partial charge is 0.171 e. The fraction of sp³-hybridized carbons (Fsp3) is 0.545. The van der Waals surface area contributed by atoms with E-state index in [9.17, 15) is 8.42 Å². The van der Waals surface area contributed by atoms with Crippen molar-refractivity contribution in [3.05, 3.63) is 16.1 Å². The minimum atomic E-state index is -3.24. The molecule has 1 fully saturated rings. The molecule has 1 aromatic heterocycles. The monoisotopic (exact) mass is 370 g/mol. The quantitative estimate of drug-likeness (QED) is 0.618. The number of anilines is 2. The highest BCUT2D eigenvalue weighted by atomic mass is 35.5. The molecule has 10 heteroatoms. The second kappa shape index (κ2) is 6.78. The van der Waals surface area contributed by atoms with Gasteiger partial charge in [0.05, 0.1) is 10.0 Å². The van der Waals surface area contributed by atoms with Crippen LogP contribution in [0.25, 0.3) is 0 Å². The van der Waals surface area contributed by atoms with Gasteiger partial charge in [0.2, 0.25) is 0 Å². The topological polar surface area (TPSA) is 88.3 Å². The molecule has 0 radical (unpaired) electrons. The lowest BCUT2D eigenvalue weighted by Crippen LogP contribution is -2.48. The Morgan fingerprint density at radius 2 is 2.24 bits per heavy atom. The number of nitrogen functional groups attached to an aromatic ring is 1. The van der Waals surface area contributed by atoms with E-state index in [1.807, 2.05) is 0 Å². The minimum Gasteiger partial charge on any atom is -0.337 e. The van der Waals surface area contributed by atoms with Crippen molar-refractivity contribution in [1.29, 1.82) is 0 Å². The van der Waals surface area contributed by atoms with Crippen molar-refractivity contribution in [2.24, 2.45) is 5.84 Å². The number of hydrogen-bond acceptors (Lipinski definition) is 7. The lowest BCUT2D eigenvalue weighted by atomic mass is 10.4. The summed E-state index contributed by atoms with van der Waals surface area (Å²) in [6.07, 6.45) is 0. The molecule has 118 valence electrons. The molecule has 2 heterocycles. The second-order valence-corrected chi connectivity index (χ2v) is 8.85. The second-order valence-electron chi connectivity index (χ2n) is 4.44. The van der Waals surface area contributed by atoms with E-state index in [2.05, 4.69) is 10.4 Å². The SMILES string of the molecule is CCS(=O)(=O)C1CSCCN1c1nc(NN)c(Cl)cc1Cl. The third-order valence-corrected chi connectivity index (χ3v) is 7.08. The van der Waals surface area contributed by atoms with Crippen LogP contribution in [0.2, 0.25) is 10.0 Å². The average molecular weight is 371 g/mol. The van der Waals surface area contributed by atoms with Crippen molar-refractivity contribution in [1.82, 2.24) is 4.98 Å². The third kappa shape index (κ3) is 3.50. The van der Waals surface area contributed by atoms with Crippen LogP contribution in [0.3, 0.4) is 0 Å². The summed E-state index contributed by atoms with van der Waals surface area (Å²) in [5.74, 6) is 7.38. The first kappa shape index (κ1) is 17.0. The molecule has 1 aliphatic rings. The summed E-state index contributed by atoms with van der Waals surface area (Å²) in [5, 5.41) is -0.0483. The Labute approximate surface area is 138 Å². The number of hydrogen-bond donors (Lipinski definition) is 2. The molecule has 0 spiro atoms. The van der Waals surface area contributed by atoms with Gasteiger partial charge in [-0.2, -0.15) is 11.8 Å². The Morgan fingerprint density at radius 1 is 1.52 bits per heavy atom. The predicted molar refractivity (Wildman–Crippen MR) is 90.0 cm³/mol. The van der Waals surface area contributed by atoms with Gasteiger partial charge in [-0.1, -0.05) is 30.1 Å². The molecule has 1 aliphatic heterocycles. The molecule has 6 nitrogen and oxygen atoms in total. The number of nitrogens with one attached hydrogen (secondary N) is 1. The molecular weight excluding hydrogens is 355 g/mol. The molecule has 1 atom stereocenters. The number of nitrogens with zero attached hydrogens (tertiary/aromatic N) is 2. The van der Waals surface area contributed by atoms with E-state index in [4.69, 9.17) is 29.0 Å². The predicted octanol–water partition coefficient (Wildman–Crippen LogP) is 1.99. The maximum atomic E-state index is 12.3. The van der Waals surface area contributed by atoms with Gasteiger partial charge in [-0.15, -0.1) is 0 Å². The lowest BCUT2D eigenvalue weighted by Gasteiger charge is -2.36. The van der Waals surface area contributed by atoms with E-state index in [0.29, 0.717) is 23.1 Å². The van der Waals surface area contributed by atoms with Crippen LogP contribution in [0.5, 0.6) is 0 Å². The van der Waals surface area contributed by atoms with Crippen molar-refractivity contribution in [2.45, 2.75) is 12.3 Å². The molecule has 3 N–H and O–H groups in total. The summed E-state index contributed by atoms with van der Waals surface area (Å²) >= 11 is 13.8. The van der Waals surface area contributed by atoms with E-state index < -0.39 is 15.2 Å². The van der Waals surface area contributed by atoms with Crippen LogP contribution in [0.1, 0.15) is 6.92 Å². The molecule has 0 amide bonds. The van der Waals surface area contributed by atoms with Gasteiger partial charge >= 0.3 is 0 Å². The Hall–Kier alpha value is -0.410. The van der Waals surface area contributed by atoms with Gasteiger partial charge in [0.1, 0.15) is 5.37 Å². The van der Waals surface area contributed by atoms with Gasteiger partial charge in [-0.25, -0.2) is 19.2 Å². The zero-order valence-electron chi connectivity index (χ0n) is 11.3. The van der Waals surface area contributed by atoms with Crippen molar-refractivity contribution in [2.75, 3.05) is 34.1 Å². The summed E-state index contributed by atoms with van der Waals surface area (Å²) in [7, 11) is -3.24. The molecule has 0 bridgehead atoms. The number of pyridine rings is 1. The normalized spacial score (nSPS) is 19.6. The van der Waals surface area contributed by atoms with Crippen LogP contribution in [0.15, 0.2) is 6.07 Å². The fourth-order valence-electron chi connectivity index (χ4n) is 2.07. The molecule has 1 aromatic rings. The first-order chi connectivity index (χ1) is 9.90. The third-order valence-electron chi connectivity index (χ3n) is 3.22. The summed E-state index contributed by atoms with van der Waals surface area (Å²) in [4.78, 5) is 5.98. The first-order valence-electron chi connectivity index (χ1n) is 6.29. The minimum absolute atomic E-state index is 0.0714. The van der Waals surface area contributed by atoms with Crippen LogP contribution in [0, 0.1) is 0 Å². The molecule has 0 aliphatic carbocycles. The number of thioether (sulfide) groups is 1. The number of sulfone groups is 1. The fourth-order valence-corrected chi connectivity index (χ4v) is 5.56. The Bertz CT molecular complexity index is 627. The van der Waals surface area contributed by atoms with Gasteiger partial charge in [-0.05, 0) is 6.07 Å². The van der Waals surface area contributed by atoms with Crippen molar-refractivity contribution in [3.63, 3.8) is 0 Å². The Morgan fingerprint density at radius 3 is 2.86 bits per heavy atom. The Balaban J connectivity index is 2.47.